The molecule has 0 bridgehead atoms. The second-order valence-electron chi connectivity index (χ2n) is 7.11. The van der Waals surface area contributed by atoms with Gasteiger partial charge in [0, 0.05) is 19.8 Å². The van der Waals surface area contributed by atoms with E-state index in [0.717, 1.165) is 0 Å². The number of rotatable bonds is 3. The molecule has 2 aliphatic heterocycles. The normalized spacial score (nSPS) is 30.0. The van der Waals surface area contributed by atoms with Gasteiger partial charge in [-0.05, 0) is 13.8 Å². The van der Waals surface area contributed by atoms with Gasteiger partial charge >= 0.3 is 0 Å². The average molecular weight is 382 g/mol. The van der Waals surface area contributed by atoms with Gasteiger partial charge in [0.1, 0.15) is 12.2 Å². The molecule has 0 saturated carbocycles. The fourth-order valence-corrected chi connectivity index (χ4v) is 3.85. The number of nitrogens with one attached hydrogen (secondary N) is 1. The van der Waals surface area contributed by atoms with Gasteiger partial charge in [-0.1, -0.05) is 0 Å². The molecule has 4 rings (SSSR count). The number of hydrogen-bond acceptors (Lipinski definition) is 9. The molecular weight excluding hydrogens is 360 g/mol. The molecule has 0 amide bonds. The van der Waals surface area contributed by atoms with Crippen molar-refractivity contribution >= 4 is 35.7 Å². The number of fused-ring (bicyclic) bond motifs is 2. The first kappa shape index (κ1) is 17.6. The summed E-state index contributed by atoms with van der Waals surface area (Å²) in [5, 5.41) is 0. The monoisotopic (exact) mass is 382 g/mol. The minimum atomic E-state index is -0.739. The first-order valence-electron chi connectivity index (χ1n) is 8.29. The number of ether oxygens (including phenoxy) is 3. The van der Waals surface area contributed by atoms with Gasteiger partial charge in [0.25, 0.3) is 5.56 Å². The summed E-state index contributed by atoms with van der Waals surface area (Å²) in [5.74, 6) is 0.257. The minimum Gasteiger partial charge on any atom is -0.369 e. The fraction of sp³-hybridized carbons (Fsp3) is 0.667. The van der Waals surface area contributed by atoms with Crippen LogP contribution in [0, 0.1) is 0 Å². The standard InChI is InChI=1S/C15H22N6O4S/c1-15(2)24-8-6(5-26)23-12(9(8)25-15)21-10-7(17-14(21)20(3)4)11(22)19-13(16)18-10/h6,8-9,12,26H,5H2,1-4H3,(H3,16,18,19,22)/t6-,8?,9?,12-/m1/s1. The van der Waals surface area contributed by atoms with Crippen LogP contribution in [0.25, 0.3) is 11.2 Å². The third-order valence-electron chi connectivity index (χ3n) is 4.51. The predicted molar refractivity (Wildman–Crippen MR) is 98.5 cm³/mol. The summed E-state index contributed by atoms with van der Waals surface area (Å²) in [6.07, 6.45) is -1.50. The highest BCUT2D eigenvalue weighted by Gasteiger charge is 2.56. The molecule has 142 valence electrons. The van der Waals surface area contributed by atoms with Crippen molar-refractivity contribution in [3.05, 3.63) is 10.4 Å². The van der Waals surface area contributed by atoms with Gasteiger partial charge in [0.2, 0.25) is 11.9 Å². The number of nitrogens with zero attached hydrogens (tertiary/aromatic N) is 4. The lowest BCUT2D eigenvalue weighted by atomic mass is 10.1. The van der Waals surface area contributed by atoms with E-state index in [9.17, 15) is 4.79 Å². The molecule has 2 fully saturated rings. The van der Waals surface area contributed by atoms with Crippen LogP contribution in [0.3, 0.4) is 0 Å². The van der Waals surface area contributed by atoms with Crippen LogP contribution in [0.5, 0.6) is 0 Å². The Hall–Kier alpha value is -1.82. The van der Waals surface area contributed by atoms with Crippen molar-refractivity contribution in [2.45, 2.75) is 44.2 Å². The van der Waals surface area contributed by atoms with E-state index in [1.54, 1.807) is 9.47 Å². The summed E-state index contributed by atoms with van der Waals surface area (Å²) in [6, 6.07) is 0. The molecule has 10 nitrogen and oxygen atoms in total. The maximum Gasteiger partial charge on any atom is 0.280 e. The van der Waals surface area contributed by atoms with Gasteiger partial charge < -0.3 is 24.8 Å². The summed E-state index contributed by atoms with van der Waals surface area (Å²) >= 11 is 4.38. The topological polar surface area (TPSA) is 121 Å². The van der Waals surface area contributed by atoms with Gasteiger partial charge in [-0.15, -0.1) is 0 Å². The van der Waals surface area contributed by atoms with Crippen LogP contribution in [0.15, 0.2) is 4.79 Å². The van der Waals surface area contributed by atoms with Crippen LogP contribution in [0.2, 0.25) is 0 Å². The first-order valence-corrected chi connectivity index (χ1v) is 8.92. The number of anilines is 2. The third kappa shape index (κ3) is 2.57. The van der Waals surface area contributed by atoms with E-state index < -0.39 is 17.6 Å². The highest BCUT2D eigenvalue weighted by atomic mass is 32.1. The lowest BCUT2D eigenvalue weighted by Crippen LogP contribution is -2.30. The molecule has 11 heteroatoms. The van der Waals surface area contributed by atoms with Crippen LogP contribution in [0.1, 0.15) is 20.1 Å². The van der Waals surface area contributed by atoms with E-state index in [2.05, 4.69) is 27.6 Å². The van der Waals surface area contributed by atoms with Crippen molar-refractivity contribution in [2.24, 2.45) is 0 Å². The molecule has 4 atom stereocenters. The Bertz CT molecular complexity index is 909. The van der Waals surface area contributed by atoms with E-state index in [4.69, 9.17) is 19.9 Å². The van der Waals surface area contributed by atoms with Gasteiger partial charge in [0.05, 0.1) is 6.10 Å². The summed E-state index contributed by atoms with van der Waals surface area (Å²) < 4.78 is 20.0. The van der Waals surface area contributed by atoms with Crippen LogP contribution < -0.4 is 16.2 Å². The Balaban J connectivity index is 1.91. The molecule has 2 saturated heterocycles. The van der Waals surface area contributed by atoms with E-state index >= 15 is 0 Å². The van der Waals surface area contributed by atoms with Crippen LogP contribution in [-0.4, -0.2) is 63.5 Å². The number of thiol groups is 1. The van der Waals surface area contributed by atoms with Crippen molar-refractivity contribution in [2.75, 3.05) is 30.5 Å². The fourth-order valence-electron chi connectivity index (χ4n) is 3.55. The largest absolute Gasteiger partial charge is 0.369 e. The van der Waals surface area contributed by atoms with Crippen molar-refractivity contribution in [1.82, 2.24) is 19.5 Å². The molecule has 2 aromatic rings. The zero-order valence-corrected chi connectivity index (χ0v) is 15.9. The number of nitrogens with two attached hydrogens (primary N) is 1. The molecule has 2 aromatic heterocycles. The van der Waals surface area contributed by atoms with Crippen molar-refractivity contribution < 1.29 is 14.2 Å². The van der Waals surface area contributed by atoms with E-state index in [-0.39, 0.29) is 29.8 Å². The number of aromatic amines is 1. The maximum atomic E-state index is 12.3. The van der Waals surface area contributed by atoms with Gasteiger partial charge in [0.15, 0.2) is 23.2 Å². The second-order valence-corrected chi connectivity index (χ2v) is 7.48. The molecular formula is C15H22N6O4S. The van der Waals surface area contributed by atoms with Gasteiger partial charge in [-0.25, -0.2) is 4.98 Å². The van der Waals surface area contributed by atoms with Gasteiger partial charge in [-0.3, -0.25) is 14.3 Å². The maximum absolute atomic E-state index is 12.3. The summed E-state index contributed by atoms with van der Waals surface area (Å²) in [4.78, 5) is 25.2. The Labute approximate surface area is 155 Å². The van der Waals surface area contributed by atoms with E-state index in [1.165, 1.54) is 0 Å². The Morgan fingerprint density at radius 3 is 2.65 bits per heavy atom. The number of H-pyrrole nitrogens is 1. The quantitative estimate of drug-likeness (QED) is 0.640. The zero-order chi connectivity index (χ0) is 18.8. The van der Waals surface area contributed by atoms with E-state index in [1.807, 2.05) is 27.9 Å². The lowest BCUT2D eigenvalue weighted by molar-refractivity contribution is -0.193. The highest BCUT2D eigenvalue weighted by molar-refractivity contribution is 7.80. The molecule has 2 aliphatic rings. The summed E-state index contributed by atoms with van der Waals surface area (Å²) in [6.45, 7) is 3.72. The highest BCUT2D eigenvalue weighted by Crippen LogP contribution is 2.45. The third-order valence-corrected chi connectivity index (χ3v) is 4.87. The molecule has 0 spiro atoms. The van der Waals surface area contributed by atoms with Crippen molar-refractivity contribution in [3.8, 4) is 0 Å². The Morgan fingerprint density at radius 1 is 1.31 bits per heavy atom. The van der Waals surface area contributed by atoms with Crippen LogP contribution >= 0.6 is 12.6 Å². The molecule has 0 radical (unpaired) electrons. The Morgan fingerprint density at radius 2 is 2.00 bits per heavy atom. The summed E-state index contributed by atoms with van der Waals surface area (Å²) in [5.41, 5.74) is 5.88. The number of hydrogen-bond donors (Lipinski definition) is 3. The zero-order valence-electron chi connectivity index (χ0n) is 15.0. The van der Waals surface area contributed by atoms with Crippen LogP contribution in [-0.2, 0) is 14.2 Å². The van der Waals surface area contributed by atoms with Crippen LogP contribution in [0.4, 0.5) is 11.9 Å². The SMILES string of the molecule is CN(C)c1nc2c(=O)[nH]c(N)nc2n1[C@@H]1O[C@H](CS)C2OC(C)(C)OC21. The molecule has 0 aliphatic carbocycles. The van der Waals surface area contributed by atoms with Gasteiger partial charge in [-0.2, -0.15) is 17.6 Å². The molecule has 3 N–H and O–H groups in total. The predicted octanol–water partition coefficient (Wildman–Crippen LogP) is 0.115. The summed E-state index contributed by atoms with van der Waals surface area (Å²) in [7, 11) is 3.65. The molecule has 0 aromatic carbocycles. The average Bonchev–Trinajstić information content (AvgIpc) is 3.15. The molecule has 26 heavy (non-hydrogen) atoms. The molecule has 2 unspecified atom stereocenters. The first-order chi connectivity index (χ1) is 12.2. The lowest BCUT2D eigenvalue weighted by Gasteiger charge is -2.26. The van der Waals surface area contributed by atoms with E-state index in [0.29, 0.717) is 17.3 Å². The van der Waals surface area contributed by atoms with Crippen molar-refractivity contribution in [3.63, 3.8) is 0 Å². The Kier molecular flexibility index (Phi) is 3.95. The smallest absolute Gasteiger partial charge is 0.280 e. The molecule has 4 heterocycles. The van der Waals surface area contributed by atoms with Crippen molar-refractivity contribution in [1.29, 1.82) is 0 Å². The second kappa shape index (κ2) is 5.84. The number of imidazole rings is 1. The number of aromatic nitrogens is 4. The minimum absolute atomic E-state index is 0.0122. The number of nitrogen functional groups attached to an aromatic ring is 1.